The lowest BCUT2D eigenvalue weighted by molar-refractivity contribution is 0.179. The van der Waals surface area contributed by atoms with E-state index in [1.807, 2.05) is 16.9 Å². The van der Waals surface area contributed by atoms with Gasteiger partial charge in [-0.3, -0.25) is 4.68 Å². The first kappa shape index (κ1) is 18.0. The molecule has 0 spiro atoms. The number of aromatic nitrogens is 2. The zero-order valence-electron chi connectivity index (χ0n) is 14.7. The zero-order valence-corrected chi connectivity index (χ0v) is 14.7. The van der Waals surface area contributed by atoms with Gasteiger partial charge >= 0.3 is 0 Å². The van der Waals surface area contributed by atoms with E-state index in [0.29, 0.717) is 13.2 Å². The van der Waals surface area contributed by atoms with Gasteiger partial charge in [0.05, 0.1) is 19.7 Å². The number of nitrogens with one attached hydrogen (secondary N) is 2. The monoisotopic (exact) mass is 329 g/mol. The molecule has 0 aliphatic carbocycles. The van der Waals surface area contributed by atoms with Crippen molar-refractivity contribution < 1.29 is 4.74 Å². The van der Waals surface area contributed by atoms with Crippen LogP contribution in [-0.2, 0) is 17.8 Å². The van der Waals surface area contributed by atoms with Crippen molar-refractivity contribution in [1.29, 1.82) is 0 Å². The normalized spacial score (nSPS) is 12.9. The molecule has 6 heteroatoms. The Hall–Kier alpha value is -2.34. The van der Waals surface area contributed by atoms with E-state index in [2.05, 4.69) is 58.8 Å². The molecular weight excluding hydrogens is 302 g/mol. The fraction of sp³-hybridized carbons (Fsp3) is 0.444. The number of rotatable bonds is 8. The maximum Gasteiger partial charge on any atom is 0.191 e. The molecule has 24 heavy (non-hydrogen) atoms. The first-order valence-electron chi connectivity index (χ1n) is 8.30. The van der Waals surface area contributed by atoms with Crippen LogP contribution in [0, 0.1) is 0 Å². The molecule has 0 saturated carbocycles. The lowest BCUT2D eigenvalue weighted by Crippen LogP contribution is -2.43. The zero-order chi connectivity index (χ0) is 17.2. The van der Waals surface area contributed by atoms with Gasteiger partial charge in [-0.15, -0.1) is 0 Å². The molecule has 1 atom stereocenters. The third-order valence-electron chi connectivity index (χ3n) is 3.46. The van der Waals surface area contributed by atoms with Gasteiger partial charge in [0.2, 0.25) is 0 Å². The molecule has 6 nitrogen and oxygen atoms in total. The van der Waals surface area contributed by atoms with Gasteiger partial charge in [0.1, 0.15) is 0 Å². The van der Waals surface area contributed by atoms with Gasteiger partial charge < -0.3 is 15.4 Å². The van der Waals surface area contributed by atoms with Gasteiger partial charge in [-0.05, 0) is 31.0 Å². The second kappa shape index (κ2) is 9.72. The Labute approximate surface area is 143 Å². The molecule has 0 bridgehead atoms. The second-order valence-electron chi connectivity index (χ2n) is 5.72. The third-order valence-corrected chi connectivity index (χ3v) is 3.46. The first-order chi connectivity index (χ1) is 11.7. The minimum Gasteiger partial charge on any atom is -0.383 e. The Bertz CT molecular complexity index is 624. The molecule has 2 aromatic rings. The molecule has 130 valence electrons. The van der Waals surface area contributed by atoms with Crippen molar-refractivity contribution in [3.05, 3.63) is 53.9 Å². The minimum atomic E-state index is 0.207. The van der Waals surface area contributed by atoms with Crippen molar-refractivity contribution in [2.24, 2.45) is 4.99 Å². The molecule has 2 N–H and O–H groups in total. The molecule has 1 heterocycles. The highest BCUT2D eigenvalue weighted by Crippen LogP contribution is 2.08. The molecule has 0 saturated heterocycles. The molecule has 0 amide bonds. The van der Waals surface area contributed by atoms with E-state index in [1.54, 1.807) is 13.3 Å². The van der Waals surface area contributed by atoms with Crippen molar-refractivity contribution in [3.8, 4) is 0 Å². The number of hydrogen-bond donors (Lipinski definition) is 2. The maximum absolute atomic E-state index is 5.16. The number of benzene rings is 1. The van der Waals surface area contributed by atoms with Gasteiger partial charge in [0, 0.05) is 32.1 Å². The Morgan fingerprint density at radius 2 is 2.17 bits per heavy atom. The minimum absolute atomic E-state index is 0.207. The fourth-order valence-electron chi connectivity index (χ4n) is 2.42. The summed E-state index contributed by atoms with van der Waals surface area (Å²) in [6.45, 7) is 6.99. The van der Waals surface area contributed by atoms with Crippen LogP contribution in [0.15, 0.2) is 47.7 Å². The predicted octanol–water partition coefficient (Wildman–Crippen LogP) is 2.02. The van der Waals surface area contributed by atoms with Crippen molar-refractivity contribution in [2.45, 2.75) is 33.0 Å². The van der Waals surface area contributed by atoms with Crippen LogP contribution < -0.4 is 10.6 Å². The number of nitrogens with zero attached hydrogens (tertiary/aromatic N) is 3. The molecule has 1 aromatic heterocycles. The summed E-state index contributed by atoms with van der Waals surface area (Å²) in [6.07, 6.45) is 3.76. The Balaban J connectivity index is 1.99. The molecule has 1 unspecified atom stereocenters. The SMILES string of the molecule is CCNC(=NCc1cccc(Cn2cccn2)c1)NC(C)COC. The summed E-state index contributed by atoms with van der Waals surface area (Å²) in [7, 11) is 1.70. The van der Waals surface area contributed by atoms with E-state index < -0.39 is 0 Å². The molecule has 0 fully saturated rings. The van der Waals surface area contributed by atoms with E-state index in [1.165, 1.54) is 11.1 Å². The summed E-state index contributed by atoms with van der Waals surface area (Å²) >= 11 is 0. The van der Waals surface area contributed by atoms with Crippen molar-refractivity contribution in [2.75, 3.05) is 20.3 Å². The van der Waals surface area contributed by atoms with E-state index >= 15 is 0 Å². The highest BCUT2D eigenvalue weighted by molar-refractivity contribution is 5.80. The van der Waals surface area contributed by atoms with Crippen LogP contribution in [0.2, 0.25) is 0 Å². The largest absolute Gasteiger partial charge is 0.383 e. The van der Waals surface area contributed by atoms with Crippen molar-refractivity contribution in [1.82, 2.24) is 20.4 Å². The van der Waals surface area contributed by atoms with Gasteiger partial charge in [0.15, 0.2) is 5.96 Å². The highest BCUT2D eigenvalue weighted by Gasteiger charge is 2.04. The average molecular weight is 329 g/mol. The summed E-state index contributed by atoms with van der Waals surface area (Å²) in [4.78, 5) is 4.66. The van der Waals surface area contributed by atoms with Crippen LogP contribution in [0.4, 0.5) is 0 Å². The Morgan fingerprint density at radius 3 is 2.88 bits per heavy atom. The fourth-order valence-corrected chi connectivity index (χ4v) is 2.42. The van der Waals surface area contributed by atoms with Crippen molar-refractivity contribution in [3.63, 3.8) is 0 Å². The smallest absolute Gasteiger partial charge is 0.191 e. The van der Waals surface area contributed by atoms with E-state index in [4.69, 9.17) is 4.74 Å². The van der Waals surface area contributed by atoms with Crippen molar-refractivity contribution >= 4 is 5.96 Å². The molecule has 2 rings (SSSR count). The molecule has 0 aliphatic heterocycles. The van der Waals surface area contributed by atoms with Crippen LogP contribution in [0.3, 0.4) is 0 Å². The molecular formula is C18H27N5O. The van der Waals surface area contributed by atoms with Gasteiger partial charge in [-0.25, -0.2) is 4.99 Å². The summed E-state index contributed by atoms with van der Waals surface area (Å²) in [5, 5.41) is 10.8. The highest BCUT2D eigenvalue weighted by atomic mass is 16.5. The van der Waals surface area contributed by atoms with Gasteiger partial charge in [-0.2, -0.15) is 5.10 Å². The van der Waals surface area contributed by atoms with E-state index in [9.17, 15) is 0 Å². The van der Waals surface area contributed by atoms with Crippen LogP contribution >= 0.6 is 0 Å². The van der Waals surface area contributed by atoms with E-state index in [0.717, 1.165) is 19.0 Å². The second-order valence-corrected chi connectivity index (χ2v) is 5.72. The average Bonchev–Trinajstić information content (AvgIpc) is 3.06. The Morgan fingerprint density at radius 1 is 1.33 bits per heavy atom. The summed E-state index contributed by atoms with van der Waals surface area (Å²) < 4.78 is 7.07. The Kier molecular flexibility index (Phi) is 7.29. The summed E-state index contributed by atoms with van der Waals surface area (Å²) in [5.41, 5.74) is 2.40. The summed E-state index contributed by atoms with van der Waals surface area (Å²) in [5.74, 6) is 0.805. The lowest BCUT2D eigenvalue weighted by Gasteiger charge is -2.17. The first-order valence-corrected chi connectivity index (χ1v) is 8.30. The number of ether oxygens (including phenoxy) is 1. The van der Waals surface area contributed by atoms with Crippen LogP contribution in [0.1, 0.15) is 25.0 Å². The standard InChI is InChI=1S/C18H27N5O/c1-4-19-18(22-15(2)14-24-3)20-12-16-7-5-8-17(11-16)13-23-10-6-9-21-23/h5-11,15H,4,12-14H2,1-3H3,(H2,19,20,22). The lowest BCUT2D eigenvalue weighted by atomic mass is 10.1. The van der Waals surface area contributed by atoms with E-state index in [-0.39, 0.29) is 6.04 Å². The topological polar surface area (TPSA) is 63.5 Å². The number of guanidine groups is 1. The molecule has 0 aliphatic rings. The maximum atomic E-state index is 5.16. The summed E-state index contributed by atoms with van der Waals surface area (Å²) in [6, 6.07) is 10.6. The van der Waals surface area contributed by atoms with Gasteiger partial charge in [0.25, 0.3) is 0 Å². The van der Waals surface area contributed by atoms with Crippen LogP contribution in [0.5, 0.6) is 0 Å². The molecule has 1 aromatic carbocycles. The number of hydrogen-bond acceptors (Lipinski definition) is 3. The molecule has 0 radical (unpaired) electrons. The van der Waals surface area contributed by atoms with Crippen LogP contribution in [-0.4, -0.2) is 42.0 Å². The van der Waals surface area contributed by atoms with Gasteiger partial charge in [-0.1, -0.05) is 24.3 Å². The quantitative estimate of drug-likeness (QED) is 0.574. The number of methoxy groups -OCH3 is 1. The predicted molar refractivity (Wildman–Crippen MR) is 97.1 cm³/mol. The third kappa shape index (κ3) is 6.04. The number of aliphatic imine (C=N–C) groups is 1. The van der Waals surface area contributed by atoms with Crippen LogP contribution in [0.25, 0.3) is 0 Å².